The molecule has 0 N–H and O–H groups in total. The van der Waals surface area contributed by atoms with Gasteiger partial charge in [0, 0.05) is 4.47 Å². The first-order valence-corrected chi connectivity index (χ1v) is 11.0. The summed E-state index contributed by atoms with van der Waals surface area (Å²) in [7, 11) is -0.486. The van der Waals surface area contributed by atoms with Crippen LogP contribution < -0.4 is 0 Å². The Morgan fingerprint density at radius 1 is 0.667 bits per heavy atom. The summed E-state index contributed by atoms with van der Waals surface area (Å²) in [6, 6.07) is 29.2. The number of hydrogen-bond donors (Lipinski definition) is 0. The van der Waals surface area contributed by atoms with Crippen molar-refractivity contribution in [1.82, 2.24) is 0 Å². The Morgan fingerprint density at radius 3 is 1.67 bits per heavy atom. The highest BCUT2D eigenvalue weighted by Gasteiger charge is 2.53. The summed E-state index contributed by atoms with van der Waals surface area (Å²) in [5, 5.41) is 0. The summed E-state index contributed by atoms with van der Waals surface area (Å²) < 4.78 is 14.1. The van der Waals surface area contributed by atoms with Crippen LogP contribution in [0.1, 0.15) is 44.4 Å². The van der Waals surface area contributed by atoms with Gasteiger partial charge in [-0.3, -0.25) is 0 Å². The highest BCUT2D eigenvalue weighted by Crippen LogP contribution is 2.44. The number of benzene rings is 3. The zero-order valence-electron chi connectivity index (χ0n) is 17.9. The molecule has 1 saturated heterocycles. The van der Waals surface area contributed by atoms with Crippen molar-refractivity contribution in [2.75, 3.05) is 0 Å². The molecule has 0 aliphatic carbocycles. The molecule has 3 aromatic rings. The Hall–Kier alpha value is -2.14. The Bertz CT molecular complexity index is 1040. The molecule has 4 rings (SSSR count). The summed E-state index contributed by atoms with van der Waals surface area (Å²) in [4.78, 5) is 0. The van der Waals surface area contributed by atoms with Gasteiger partial charge in [0.15, 0.2) is 0 Å². The van der Waals surface area contributed by atoms with Crippen LogP contribution in [0.5, 0.6) is 0 Å². The van der Waals surface area contributed by atoms with Crippen LogP contribution in [0.25, 0.3) is 11.0 Å². The molecule has 0 atom stereocenters. The van der Waals surface area contributed by atoms with E-state index in [2.05, 4.69) is 110 Å². The largest absolute Gasteiger partial charge is 0.496 e. The minimum atomic E-state index is -0.486. The van der Waals surface area contributed by atoms with Crippen LogP contribution >= 0.6 is 15.9 Å². The lowest BCUT2D eigenvalue weighted by molar-refractivity contribution is 0.00578. The van der Waals surface area contributed by atoms with E-state index >= 15 is 0 Å². The molecule has 0 bridgehead atoms. The van der Waals surface area contributed by atoms with Gasteiger partial charge in [-0.2, -0.15) is 0 Å². The van der Waals surface area contributed by atoms with Crippen LogP contribution in [0.2, 0.25) is 0 Å². The fourth-order valence-corrected chi connectivity index (χ4v) is 4.18. The molecule has 2 nitrogen and oxygen atoms in total. The molecule has 30 heavy (non-hydrogen) atoms. The zero-order valence-corrected chi connectivity index (χ0v) is 19.4. The van der Waals surface area contributed by atoms with Crippen molar-refractivity contribution < 1.29 is 9.31 Å². The van der Waals surface area contributed by atoms with Crippen LogP contribution in [0.4, 0.5) is 0 Å². The molecule has 0 spiro atoms. The van der Waals surface area contributed by atoms with Gasteiger partial charge in [0.1, 0.15) is 0 Å². The van der Waals surface area contributed by atoms with Crippen molar-refractivity contribution in [3.05, 3.63) is 106 Å². The average Bonchev–Trinajstić information content (AvgIpc) is 2.95. The van der Waals surface area contributed by atoms with Gasteiger partial charge in [0.2, 0.25) is 0 Å². The highest BCUT2D eigenvalue weighted by atomic mass is 79.9. The van der Waals surface area contributed by atoms with Crippen molar-refractivity contribution in [3.63, 3.8) is 0 Å². The predicted octanol–water partition coefficient (Wildman–Crippen LogP) is 7.04. The van der Waals surface area contributed by atoms with Crippen LogP contribution in [0.3, 0.4) is 0 Å². The van der Waals surface area contributed by atoms with Gasteiger partial charge in [0.05, 0.1) is 11.2 Å². The van der Waals surface area contributed by atoms with Crippen LogP contribution in [0.15, 0.2) is 89.4 Å². The van der Waals surface area contributed by atoms with Crippen LogP contribution in [-0.2, 0) is 9.31 Å². The predicted molar refractivity (Wildman–Crippen MR) is 129 cm³/mol. The highest BCUT2D eigenvalue weighted by molar-refractivity contribution is 9.10. The van der Waals surface area contributed by atoms with E-state index in [1.54, 1.807) is 0 Å². The van der Waals surface area contributed by atoms with Gasteiger partial charge in [-0.05, 0) is 61.5 Å². The zero-order chi connectivity index (χ0) is 21.4. The second kappa shape index (κ2) is 8.18. The topological polar surface area (TPSA) is 18.5 Å². The maximum absolute atomic E-state index is 6.55. The lowest BCUT2D eigenvalue weighted by Crippen LogP contribution is -2.41. The molecule has 152 valence electrons. The standard InChI is InChI=1S/C26H26BBrO2/c1-25(2)26(3,4)30-27(29-25)24(20-15-9-6-10-16-20)23(19-13-7-5-8-14-19)21-17-11-12-18-22(21)28/h5-18H,1-4H3/b24-23-. The van der Waals surface area contributed by atoms with Crippen molar-refractivity contribution in [3.8, 4) is 0 Å². The minimum Gasteiger partial charge on any atom is -0.399 e. The van der Waals surface area contributed by atoms with Gasteiger partial charge >= 0.3 is 7.12 Å². The van der Waals surface area contributed by atoms with Crippen molar-refractivity contribution in [2.45, 2.75) is 38.9 Å². The maximum Gasteiger partial charge on any atom is 0.496 e. The third-order valence-corrected chi connectivity index (χ3v) is 6.74. The van der Waals surface area contributed by atoms with Gasteiger partial charge in [-0.1, -0.05) is 94.8 Å². The molecule has 1 fully saturated rings. The SMILES string of the molecule is CC1(C)OB(/C(=C(/c2ccccc2)c2ccccc2Br)c2ccccc2)OC1(C)C. The molecular weight excluding hydrogens is 435 g/mol. The summed E-state index contributed by atoms with van der Waals surface area (Å²) in [5.74, 6) is 0. The summed E-state index contributed by atoms with van der Waals surface area (Å²) in [6.45, 7) is 8.37. The van der Waals surface area contributed by atoms with E-state index in [4.69, 9.17) is 9.31 Å². The lowest BCUT2D eigenvalue weighted by Gasteiger charge is -2.32. The van der Waals surface area contributed by atoms with Crippen LogP contribution in [-0.4, -0.2) is 18.3 Å². The number of rotatable bonds is 4. The Labute approximate surface area is 188 Å². The first-order chi connectivity index (χ1) is 14.3. The monoisotopic (exact) mass is 460 g/mol. The Balaban J connectivity index is 2.04. The molecular formula is C26H26BBrO2. The molecule has 0 radical (unpaired) electrons. The summed E-state index contributed by atoms with van der Waals surface area (Å²) in [5.41, 5.74) is 4.61. The van der Waals surface area contributed by atoms with E-state index in [0.717, 1.165) is 32.2 Å². The molecule has 0 unspecified atom stereocenters. The maximum atomic E-state index is 6.55. The summed E-state index contributed by atoms with van der Waals surface area (Å²) in [6.07, 6.45) is 0. The summed E-state index contributed by atoms with van der Waals surface area (Å²) >= 11 is 3.77. The van der Waals surface area contributed by atoms with E-state index in [0.29, 0.717) is 0 Å². The van der Waals surface area contributed by atoms with E-state index in [9.17, 15) is 0 Å². The fraction of sp³-hybridized carbons (Fsp3) is 0.231. The van der Waals surface area contributed by atoms with Crippen molar-refractivity contribution in [2.24, 2.45) is 0 Å². The Kier molecular flexibility index (Phi) is 5.76. The van der Waals surface area contributed by atoms with E-state index < -0.39 is 18.3 Å². The molecule has 4 heteroatoms. The van der Waals surface area contributed by atoms with E-state index in [1.165, 1.54) is 0 Å². The van der Waals surface area contributed by atoms with Crippen molar-refractivity contribution >= 4 is 34.1 Å². The van der Waals surface area contributed by atoms with Crippen molar-refractivity contribution in [1.29, 1.82) is 0 Å². The second-order valence-corrected chi connectivity index (χ2v) is 9.44. The first-order valence-electron chi connectivity index (χ1n) is 10.3. The molecule has 1 heterocycles. The second-order valence-electron chi connectivity index (χ2n) is 8.59. The Morgan fingerprint density at radius 2 is 1.13 bits per heavy atom. The normalized spacial score (nSPS) is 18.2. The molecule has 1 aliphatic rings. The van der Waals surface area contributed by atoms with Crippen LogP contribution in [0, 0.1) is 0 Å². The molecule has 0 amide bonds. The molecule has 0 aromatic heterocycles. The quantitative estimate of drug-likeness (QED) is 0.307. The molecule has 1 aliphatic heterocycles. The molecule has 3 aromatic carbocycles. The van der Waals surface area contributed by atoms with Gasteiger partial charge in [-0.15, -0.1) is 0 Å². The minimum absolute atomic E-state index is 0.423. The van der Waals surface area contributed by atoms with Gasteiger partial charge in [-0.25, -0.2) is 0 Å². The third kappa shape index (κ3) is 3.92. The van der Waals surface area contributed by atoms with E-state index in [-0.39, 0.29) is 0 Å². The average molecular weight is 461 g/mol. The third-order valence-electron chi connectivity index (χ3n) is 6.05. The molecule has 0 saturated carbocycles. The number of halogens is 1. The van der Waals surface area contributed by atoms with E-state index in [1.807, 2.05) is 18.2 Å². The lowest BCUT2D eigenvalue weighted by atomic mass is 9.69. The smallest absolute Gasteiger partial charge is 0.399 e. The van der Waals surface area contributed by atoms with Gasteiger partial charge in [0.25, 0.3) is 0 Å². The number of hydrogen-bond acceptors (Lipinski definition) is 2. The fourth-order valence-electron chi connectivity index (χ4n) is 3.70. The van der Waals surface area contributed by atoms with Gasteiger partial charge < -0.3 is 9.31 Å². The first kappa shape index (κ1) is 21.1.